The zero-order chi connectivity index (χ0) is 10.8. The molecule has 0 aliphatic heterocycles. The van der Waals surface area contributed by atoms with Crippen molar-refractivity contribution in [1.82, 2.24) is 0 Å². The highest BCUT2D eigenvalue weighted by Crippen LogP contribution is 2.27. The van der Waals surface area contributed by atoms with Gasteiger partial charge >= 0.3 is 6.36 Å². The van der Waals surface area contributed by atoms with Crippen LogP contribution in [0.15, 0.2) is 23.1 Å². The lowest BCUT2D eigenvalue weighted by molar-refractivity contribution is -0.274. The van der Waals surface area contributed by atoms with E-state index in [-0.39, 0.29) is 11.4 Å². The summed E-state index contributed by atoms with van der Waals surface area (Å²) in [5.41, 5.74) is 2.49. The molecule has 0 unspecified atom stereocenters. The van der Waals surface area contributed by atoms with Crippen LogP contribution in [0.2, 0.25) is 0 Å². The van der Waals surface area contributed by atoms with E-state index in [1.807, 2.05) is 0 Å². The first-order valence-electron chi connectivity index (χ1n) is 3.47. The van der Waals surface area contributed by atoms with Gasteiger partial charge < -0.3 is 10.2 Å². The van der Waals surface area contributed by atoms with E-state index in [1.54, 1.807) is 0 Å². The predicted octanol–water partition coefficient (Wildman–Crippen LogP) is 2.16. The van der Waals surface area contributed by atoms with Crippen molar-refractivity contribution in [3.63, 3.8) is 0 Å². The van der Waals surface area contributed by atoms with Crippen LogP contribution in [0.5, 0.6) is 5.75 Å². The van der Waals surface area contributed by atoms with Crippen LogP contribution < -0.4 is 16.0 Å². The second kappa shape index (κ2) is 3.97. The maximum absolute atomic E-state index is 11.8. The Balaban J connectivity index is 2.92. The molecule has 0 aliphatic rings. The molecule has 0 saturated heterocycles. The molecule has 1 aromatic rings. The number of hydrazine groups is 1. The number of nitrogens with two attached hydrogens (primary N) is 1. The molecule has 78 valence electrons. The summed E-state index contributed by atoms with van der Waals surface area (Å²) in [4.78, 5) is 0.319. The zero-order valence-corrected chi connectivity index (χ0v) is 7.69. The van der Waals surface area contributed by atoms with Crippen molar-refractivity contribution in [1.29, 1.82) is 0 Å². The normalized spacial score (nSPS) is 11.2. The Bertz CT molecular complexity index is 329. The van der Waals surface area contributed by atoms with Gasteiger partial charge in [-0.1, -0.05) is 0 Å². The van der Waals surface area contributed by atoms with E-state index in [0.29, 0.717) is 4.90 Å². The minimum Gasteiger partial charge on any atom is -0.406 e. The number of ether oxygens (including phenoxy) is 1. The van der Waals surface area contributed by atoms with E-state index in [9.17, 15) is 13.2 Å². The second-order valence-electron chi connectivity index (χ2n) is 2.41. The first kappa shape index (κ1) is 11.0. The highest BCUT2D eigenvalue weighted by molar-refractivity contribution is 7.80. The van der Waals surface area contributed by atoms with Crippen LogP contribution in [-0.4, -0.2) is 6.36 Å². The molecule has 1 rings (SSSR count). The van der Waals surface area contributed by atoms with Crippen molar-refractivity contribution in [3.05, 3.63) is 18.2 Å². The monoisotopic (exact) mass is 224 g/mol. The van der Waals surface area contributed by atoms with Gasteiger partial charge in [-0.2, -0.15) is 0 Å². The molecular formula is C7H7F3N2OS. The molecule has 0 aliphatic carbocycles. The van der Waals surface area contributed by atoms with Crippen LogP contribution in [0, 0.1) is 0 Å². The van der Waals surface area contributed by atoms with Gasteiger partial charge in [0.15, 0.2) is 0 Å². The third-order valence-electron chi connectivity index (χ3n) is 1.29. The van der Waals surface area contributed by atoms with Gasteiger partial charge in [-0.15, -0.1) is 25.8 Å². The number of halogens is 3. The van der Waals surface area contributed by atoms with Crippen LogP contribution in [0.3, 0.4) is 0 Å². The average Bonchev–Trinajstić information content (AvgIpc) is 1.99. The predicted molar refractivity (Wildman–Crippen MR) is 48.2 cm³/mol. The maximum atomic E-state index is 11.8. The topological polar surface area (TPSA) is 47.3 Å². The lowest BCUT2D eigenvalue weighted by Gasteiger charge is -2.10. The number of thiol groups is 1. The molecule has 0 atom stereocenters. The first-order chi connectivity index (χ1) is 6.40. The molecule has 0 radical (unpaired) electrons. The largest absolute Gasteiger partial charge is 0.573 e. The Kier molecular flexibility index (Phi) is 3.12. The number of hydrogen-bond donors (Lipinski definition) is 3. The van der Waals surface area contributed by atoms with Crippen molar-refractivity contribution >= 4 is 18.3 Å². The van der Waals surface area contributed by atoms with E-state index < -0.39 is 6.36 Å². The van der Waals surface area contributed by atoms with Crippen LogP contribution in [0.25, 0.3) is 0 Å². The molecule has 3 nitrogen and oxygen atoms in total. The number of anilines is 1. The molecule has 0 bridgehead atoms. The van der Waals surface area contributed by atoms with Crippen LogP contribution in [-0.2, 0) is 0 Å². The van der Waals surface area contributed by atoms with Gasteiger partial charge in [0.05, 0.1) is 5.69 Å². The molecule has 1 aromatic carbocycles. The average molecular weight is 224 g/mol. The van der Waals surface area contributed by atoms with Gasteiger partial charge in [0, 0.05) is 11.0 Å². The second-order valence-corrected chi connectivity index (χ2v) is 2.92. The van der Waals surface area contributed by atoms with Crippen molar-refractivity contribution in [2.75, 3.05) is 5.43 Å². The van der Waals surface area contributed by atoms with Crippen LogP contribution >= 0.6 is 12.6 Å². The highest BCUT2D eigenvalue weighted by Gasteiger charge is 2.31. The Morgan fingerprint density at radius 2 is 1.93 bits per heavy atom. The third-order valence-corrected chi connectivity index (χ3v) is 1.55. The number of rotatable bonds is 2. The number of alkyl halides is 3. The zero-order valence-electron chi connectivity index (χ0n) is 6.80. The molecular weight excluding hydrogens is 217 g/mol. The molecule has 0 spiro atoms. The SMILES string of the molecule is NNc1cc(S)cc(OC(F)(F)F)c1. The third kappa shape index (κ3) is 3.35. The highest BCUT2D eigenvalue weighted by atomic mass is 32.1. The van der Waals surface area contributed by atoms with E-state index in [4.69, 9.17) is 5.84 Å². The minimum absolute atomic E-state index is 0.289. The van der Waals surface area contributed by atoms with Gasteiger partial charge in [-0.25, -0.2) is 0 Å². The van der Waals surface area contributed by atoms with Crippen LogP contribution in [0.1, 0.15) is 0 Å². The molecule has 3 N–H and O–H groups in total. The Morgan fingerprint density at radius 3 is 2.43 bits per heavy atom. The summed E-state index contributed by atoms with van der Waals surface area (Å²) in [6, 6.07) is 3.72. The van der Waals surface area contributed by atoms with Crippen molar-refractivity contribution in [3.8, 4) is 5.75 Å². The fraction of sp³-hybridized carbons (Fsp3) is 0.143. The lowest BCUT2D eigenvalue weighted by atomic mass is 10.3. The van der Waals surface area contributed by atoms with Gasteiger partial charge in [-0.05, 0) is 12.1 Å². The molecule has 14 heavy (non-hydrogen) atoms. The summed E-state index contributed by atoms with van der Waals surface area (Å²) in [5.74, 6) is 4.67. The molecule has 0 saturated carbocycles. The molecule has 0 heterocycles. The Hall–Kier alpha value is -1.08. The van der Waals surface area contributed by atoms with E-state index in [1.165, 1.54) is 6.07 Å². The van der Waals surface area contributed by atoms with E-state index in [2.05, 4.69) is 22.8 Å². The minimum atomic E-state index is -4.71. The summed E-state index contributed by atoms with van der Waals surface area (Å²) in [6.07, 6.45) is -4.71. The molecule has 0 aromatic heterocycles. The number of benzene rings is 1. The van der Waals surface area contributed by atoms with E-state index in [0.717, 1.165) is 12.1 Å². The van der Waals surface area contributed by atoms with Crippen molar-refractivity contribution in [2.45, 2.75) is 11.3 Å². The molecule has 0 amide bonds. The van der Waals surface area contributed by atoms with E-state index >= 15 is 0 Å². The summed E-state index contributed by atoms with van der Waals surface area (Å²) in [5, 5.41) is 0. The summed E-state index contributed by atoms with van der Waals surface area (Å²) >= 11 is 3.88. The number of hydrogen-bond acceptors (Lipinski definition) is 4. The quantitative estimate of drug-likeness (QED) is 0.410. The van der Waals surface area contributed by atoms with Crippen LogP contribution in [0.4, 0.5) is 18.9 Å². The number of nitrogen functional groups attached to an aromatic ring is 1. The first-order valence-corrected chi connectivity index (χ1v) is 3.92. The standard InChI is InChI=1S/C7H7F3N2OS/c8-7(9,10)13-5-1-4(12-11)2-6(14)3-5/h1-3,12,14H,11H2. The van der Waals surface area contributed by atoms with Crippen molar-refractivity contribution < 1.29 is 17.9 Å². The van der Waals surface area contributed by atoms with Gasteiger partial charge in [0.1, 0.15) is 5.75 Å². The maximum Gasteiger partial charge on any atom is 0.573 e. The summed E-state index contributed by atoms with van der Waals surface area (Å²) < 4.78 is 39.1. The van der Waals surface area contributed by atoms with Gasteiger partial charge in [0.2, 0.25) is 0 Å². The fourth-order valence-electron chi connectivity index (χ4n) is 0.859. The fourth-order valence-corrected chi connectivity index (χ4v) is 1.13. The summed E-state index contributed by atoms with van der Waals surface area (Å²) in [6.45, 7) is 0. The van der Waals surface area contributed by atoms with Crippen molar-refractivity contribution in [2.24, 2.45) is 5.84 Å². The smallest absolute Gasteiger partial charge is 0.406 e. The molecule has 7 heteroatoms. The molecule has 0 fully saturated rings. The summed E-state index contributed by atoms with van der Waals surface area (Å²) in [7, 11) is 0. The van der Waals surface area contributed by atoms with Gasteiger partial charge in [-0.3, -0.25) is 5.84 Å². The lowest BCUT2D eigenvalue weighted by Crippen LogP contribution is -2.17. The number of nitrogens with one attached hydrogen (secondary N) is 1. The van der Waals surface area contributed by atoms with Gasteiger partial charge in [0.25, 0.3) is 0 Å². The Morgan fingerprint density at radius 1 is 1.29 bits per heavy atom. The Labute approximate surface area is 83.4 Å².